The number of benzene rings is 1. The second kappa shape index (κ2) is 7.80. The Balaban J connectivity index is 0.000000286. The number of aliphatic hydroxyl groups excluding tert-OH is 1. The standard InChI is InChI=1S/C12H17NO.C6H14/c1-13(2)8-12(9-14)7-10-5-3-4-6-11(10)12;1-4-5-6(2)3/h3-6,14H,7-9H2,1-2H3;6H,4-5H2,1-3H3. The lowest BCUT2D eigenvalue weighted by Crippen LogP contribution is -2.49. The number of likely N-dealkylation sites (N-methyl/N-ethyl adjacent to an activating group) is 1. The zero-order valence-electron chi connectivity index (χ0n) is 13.8. The van der Waals surface area contributed by atoms with Gasteiger partial charge in [-0.3, -0.25) is 0 Å². The first-order valence-corrected chi connectivity index (χ1v) is 7.79. The molecular formula is C18H31NO. The van der Waals surface area contributed by atoms with Crippen LogP contribution < -0.4 is 0 Å². The third kappa shape index (κ3) is 4.32. The highest BCUT2D eigenvalue weighted by Crippen LogP contribution is 2.40. The average molecular weight is 277 g/mol. The highest BCUT2D eigenvalue weighted by molar-refractivity contribution is 5.45. The molecule has 0 aliphatic heterocycles. The Kier molecular flexibility index (Phi) is 6.70. The molecule has 0 saturated carbocycles. The highest BCUT2D eigenvalue weighted by Gasteiger charge is 2.41. The van der Waals surface area contributed by atoms with Crippen molar-refractivity contribution in [2.24, 2.45) is 5.92 Å². The van der Waals surface area contributed by atoms with Crippen molar-refractivity contribution in [1.82, 2.24) is 4.90 Å². The molecule has 0 fully saturated rings. The Morgan fingerprint density at radius 1 is 1.25 bits per heavy atom. The van der Waals surface area contributed by atoms with Gasteiger partial charge in [0.05, 0.1) is 6.61 Å². The summed E-state index contributed by atoms with van der Waals surface area (Å²) in [5.41, 5.74) is 2.72. The van der Waals surface area contributed by atoms with E-state index in [0.717, 1.165) is 18.9 Å². The zero-order chi connectivity index (χ0) is 15.2. The van der Waals surface area contributed by atoms with Crippen molar-refractivity contribution in [1.29, 1.82) is 0 Å². The van der Waals surface area contributed by atoms with Gasteiger partial charge in [0, 0.05) is 12.0 Å². The maximum Gasteiger partial charge on any atom is 0.0543 e. The van der Waals surface area contributed by atoms with Crippen LogP contribution in [0.4, 0.5) is 0 Å². The fourth-order valence-electron chi connectivity index (χ4n) is 3.06. The number of hydrogen-bond donors (Lipinski definition) is 1. The van der Waals surface area contributed by atoms with E-state index in [-0.39, 0.29) is 12.0 Å². The van der Waals surface area contributed by atoms with Gasteiger partial charge < -0.3 is 10.0 Å². The van der Waals surface area contributed by atoms with Gasteiger partial charge >= 0.3 is 0 Å². The molecule has 1 atom stereocenters. The molecule has 0 heterocycles. The van der Waals surface area contributed by atoms with Crippen LogP contribution in [0.2, 0.25) is 0 Å². The highest BCUT2D eigenvalue weighted by atomic mass is 16.3. The molecule has 114 valence electrons. The van der Waals surface area contributed by atoms with Crippen LogP contribution in [0.5, 0.6) is 0 Å². The van der Waals surface area contributed by atoms with Gasteiger partial charge in [0.25, 0.3) is 0 Å². The van der Waals surface area contributed by atoms with Gasteiger partial charge in [-0.2, -0.15) is 0 Å². The van der Waals surface area contributed by atoms with E-state index in [4.69, 9.17) is 0 Å². The normalized spacial score (nSPS) is 20.2. The van der Waals surface area contributed by atoms with Crippen LogP contribution in [0, 0.1) is 5.92 Å². The van der Waals surface area contributed by atoms with Gasteiger partial charge in [0.1, 0.15) is 0 Å². The van der Waals surface area contributed by atoms with Crippen LogP contribution in [-0.4, -0.2) is 37.3 Å². The molecule has 0 bridgehead atoms. The van der Waals surface area contributed by atoms with E-state index in [1.165, 1.54) is 24.0 Å². The van der Waals surface area contributed by atoms with Gasteiger partial charge in [-0.15, -0.1) is 0 Å². The van der Waals surface area contributed by atoms with Crippen molar-refractivity contribution in [2.75, 3.05) is 27.2 Å². The van der Waals surface area contributed by atoms with Crippen molar-refractivity contribution >= 4 is 0 Å². The van der Waals surface area contributed by atoms with Gasteiger partial charge in [-0.05, 0) is 37.6 Å². The Morgan fingerprint density at radius 3 is 2.30 bits per heavy atom. The third-order valence-electron chi connectivity index (χ3n) is 3.91. The number of nitrogens with zero attached hydrogens (tertiary/aromatic N) is 1. The van der Waals surface area contributed by atoms with E-state index in [0.29, 0.717) is 0 Å². The Labute approximate surface area is 124 Å². The molecule has 1 aliphatic carbocycles. The molecule has 1 unspecified atom stereocenters. The first-order valence-electron chi connectivity index (χ1n) is 7.79. The summed E-state index contributed by atoms with van der Waals surface area (Å²) in [4.78, 5) is 2.14. The topological polar surface area (TPSA) is 23.5 Å². The van der Waals surface area contributed by atoms with Crippen LogP contribution in [0.15, 0.2) is 24.3 Å². The predicted octanol–water partition coefficient (Wildman–Crippen LogP) is 3.48. The molecule has 0 radical (unpaired) electrons. The van der Waals surface area contributed by atoms with Crippen LogP contribution in [0.1, 0.15) is 44.7 Å². The summed E-state index contributed by atoms with van der Waals surface area (Å²) >= 11 is 0. The average Bonchev–Trinajstić information content (AvgIpc) is 2.36. The summed E-state index contributed by atoms with van der Waals surface area (Å²) in [7, 11) is 4.11. The first kappa shape index (κ1) is 17.2. The Morgan fingerprint density at radius 2 is 1.90 bits per heavy atom. The van der Waals surface area contributed by atoms with Crippen molar-refractivity contribution < 1.29 is 5.11 Å². The third-order valence-corrected chi connectivity index (χ3v) is 3.91. The van der Waals surface area contributed by atoms with E-state index in [9.17, 15) is 5.11 Å². The number of fused-ring (bicyclic) bond motifs is 1. The van der Waals surface area contributed by atoms with Crippen LogP contribution in [0.3, 0.4) is 0 Å². The number of aliphatic hydroxyl groups is 1. The van der Waals surface area contributed by atoms with Crippen molar-refractivity contribution in [2.45, 2.75) is 45.4 Å². The fourth-order valence-corrected chi connectivity index (χ4v) is 3.06. The van der Waals surface area contributed by atoms with Crippen LogP contribution in [0.25, 0.3) is 0 Å². The predicted molar refractivity (Wildman–Crippen MR) is 87.2 cm³/mol. The van der Waals surface area contributed by atoms with Crippen molar-refractivity contribution in [3.63, 3.8) is 0 Å². The molecule has 1 aromatic rings. The molecule has 2 rings (SSSR count). The lowest BCUT2D eigenvalue weighted by Gasteiger charge is -2.44. The Bertz CT molecular complexity index is 400. The minimum absolute atomic E-state index is 0.0000926. The zero-order valence-corrected chi connectivity index (χ0v) is 13.8. The SMILES string of the molecule is CCCC(C)C.CN(C)CC1(CO)Cc2ccccc21. The molecule has 1 N–H and O–H groups in total. The van der Waals surface area contributed by atoms with E-state index >= 15 is 0 Å². The van der Waals surface area contributed by atoms with Gasteiger partial charge in [0.2, 0.25) is 0 Å². The molecule has 0 amide bonds. The molecule has 1 aliphatic rings. The molecule has 2 heteroatoms. The summed E-state index contributed by atoms with van der Waals surface area (Å²) < 4.78 is 0. The Hall–Kier alpha value is -0.860. The summed E-state index contributed by atoms with van der Waals surface area (Å²) in [5.74, 6) is 0.898. The molecular weight excluding hydrogens is 246 g/mol. The van der Waals surface area contributed by atoms with E-state index in [2.05, 4.69) is 64.0 Å². The van der Waals surface area contributed by atoms with Crippen molar-refractivity contribution in [3.05, 3.63) is 35.4 Å². The molecule has 2 nitrogen and oxygen atoms in total. The number of rotatable bonds is 5. The van der Waals surface area contributed by atoms with Gasteiger partial charge in [-0.1, -0.05) is 57.9 Å². The second-order valence-corrected chi connectivity index (χ2v) is 6.69. The second-order valence-electron chi connectivity index (χ2n) is 6.69. The van der Waals surface area contributed by atoms with Gasteiger partial charge in [0.15, 0.2) is 0 Å². The lowest BCUT2D eigenvalue weighted by molar-refractivity contribution is 0.138. The molecule has 0 saturated heterocycles. The smallest absolute Gasteiger partial charge is 0.0543 e. The monoisotopic (exact) mass is 277 g/mol. The quantitative estimate of drug-likeness (QED) is 0.890. The first-order chi connectivity index (χ1) is 9.45. The maximum atomic E-state index is 9.51. The largest absolute Gasteiger partial charge is 0.395 e. The summed E-state index contributed by atoms with van der Waals surface area (Å²) in [6, 6.07) is 8.41. The van der Waals surface area contributed by atoms with E-state index in [1.807, 2.05) is 0 Å². The van der Waals surface area contributed by atoms with Gasteiger partial charge in [-0.25, -0.2) is 0 Å². The lowest BCUT2D eigenvalue weighted by atomic mass is 9.64. The summed E-state index contributed by atoms with van der Waals surface area (Å²) in [5, 5.41) is 9.51. The fraction of sp³-hybridized carbons (Fsp3) is 0.667. The molecule has 20 heavy (non-hydrogen) atoms. The minimum Gasteiger partial charge on any atom is -0.395 e. The number of hydrogen-bond acceptors (Lipinski definition) is 2. The van der Waals surface area contributed by atoms with E-state index < -0.39 is 0 Å². The van der Waals surface area contributed by atoms with Crippen molar-refractivity contribution in [3.8, 4) is 0 Å². The van der Waals surface area contributed by atoms with E-state index in [1.54, 1.807) is 0 Å². The molecule has 0 spiro atoms. The molecule has 0 aromatic heterocycles. The molecule has 1 aromatic carbocycles. The summed E-state index contributed by atoms with van der Waals surface area (Å²) in [6.07, 6.45) is 3.72. The van der Waals surface area contributed by atoms with Crippen LogP contribution >= 0.6 is 0 Å². The minimum atomic E-state index is 0.0000926. The maximum absolute atomic E-state index is 9.51. The van der Waals surface area contributed by atoms with Crippen LogP contribution in [-0.2, 0) is 11.8 Å². The summed E-state index contributed by atoms with van der Waals surface area (Å²) in [6.45, 7) is 7.91.